The number of aromatic nitrogens is 3. The van der Waals surface area contributed by atoms with E-state index in [1.54, 1.807) is 7.05 Å². The smallest absolute Gasteiger partial charge is 0.287 e. The Bertz CT molecular complexity index is 968. The van der Waals surface area contributed by atoms with Crippen molar-refractivity contribution < 1.29 is 4.79 Å². The Labute approximate surface area is 157 Å². The number of fused-ring (bicyclic) bond motifs is 1. The first kappa shape index (κ1) is 17.8. The average molecular weight is 397 g/mol. The predicted molar refractivity (Wildman–Crippen MR) is 99.3 cm³/mol. The molecule has 130 valence electrons. The summed E-state index contributed by atoms with van der Waals surface area (Å²) in [6, 6.07) is 7.57. The SMILES string of the molecule is C[C@H](c1nc2ccccc2s1)N(C)C(=O)Cn1ncc(Cl)c(Cl)c1=O. The van der Waals surface area contributed by atoms with E-state index in [0.29, 0.717) is 0 Å². The van der Waals surface area contributed by atoms with Crippen molar-refractivity contribution in [3.63, 3.8) is 0 Å². The minimum absolute atomic E-state index is 0.0616. The molecule has 0 saturated heterocycles. The molecule has 0 bridgehead atoms. The number of hydrogen-bond acceptors (Lipinski definition) is 5. The van der Waals surface area contributed by atoms with E-state index in [0.717, 1.165) is 19.9 Å². The van der Waals surface area contributed by atoms with E-state index in [4.69, 9.17) is 23.2 Å². The van der Waals surface area contributed by atoms with E-state index < -0.39 is 5.56 Å². The number of rotatable bonds is 4. The molecule has 9 heteroatoms. The van der Waals surface area contributed by atoms with Crippen LogP contribution < -0.4 is 5.56 Å². The number of hydrogen-bond donors (Lipinski definition) is 0. The first-order valence-corrected chi connectivity index (χ1v) is 8.98. The third-order valence-corrected chi connectivity index (χ3v) is 5.82. The molecule has 0 N–H and O–H groups in total. The Morgan fingerprint density at radius 3 is 2.80 bits per heavy atom. The van der Waals surface area contributed by atoms with Gasteiger partial charge in [0.2, 0.25) is 5.91 Å². The molecule has 3 aromatic rings. The summed E-state index contributed by atoms with van der Waals surface area (Å²) in [6.07, 6.45) is 1.25. The predicted octanol–water partition coefficient (Wildman–Crippen LogP) is 3.38. The first-order valence-electron chi connectivity index (χ1n) is 7.40. The Kier molecular flexibility index (Phi) is 5.08. The molecular weight excluding hydrogens is 383 g/mol. The molecule has 1 amide bonds. The van der Waals surface area contributed by atoms with Gasteiger partial charge >= 0.3 is 0 Å². The van der Waals surface area contributed by atoms with Gasteiger partial charge in [0.25, 0.3) is 5.56 Å². The van der Waals surface area contributed by atoms with Crippen LogP contribution in [0, 0.1) is 0 Å². The van der Waals surface area contributed by atoms with Crippen molar-refractivity contribution in [3.8, 4) is 0 Å². The van der Waals surface area contributed by atoms with Crippen molar-refractivity contribution in [3.05, 3.63) is 55.9 Å². The highest BCUT2D eigenvalue weighted by Crippen LogP contribution is 2.28. The maximum absolute atomic E-state index is 12.5. The normalized spacial score (nSPS) is 12.3. The molecule has 0 fully saturated rings. The lowest BCUT2D eigenvalue weighted by Gasteiger charge is -2.23. The van der Waals surface area contributed by atoms with E-state index in [1.165, 1.54) is 22.4 Å². The lowest BCUT2D eigenvalue weighted by Crippen LogP contribution is -2.36. The summed E-state index contributed by atoms with van der Waals surface area (Å²) < 4.78 is 2.06. The summed E-state index contributed by atoms with van der Waals surface area (Å²) in [4.78, 5) is 30.6. The van der Waals surface area contributed by atoms with Crippen molar-refractivity contribution >= 4 is 50.7 Å². The van der Waals surface area contributed by atoms with Gasteiger partial charge in [-0.05, 0) is 19.1 Å². The van der Waals surface area contributed by atoms with Crippen molar-refractivity contribution in [1.82, 2.24) is 19.7 Å². The number of benzene rings is 1. The van der Waals surface area contributed by atoms with Crippen LogP contribution in [0.1, 0.15) is 18.0 Å². The Balaban J connectivity index is 1.80. The van der Waals surface area contributed by atoms with E-state index >= 15 is 0 Å². The molecule has 1 aromatic carbocycles. The van der Waals surface area contributed by atoms with Gasteiger partial charge in [-0.25, -0.2) is 9.67 Å². The Hall–Kier alpha value is -1.96. The number of halogens is 2. The molecule has 0 aliphatic carbocycles. The summed E-state index contributed by atoms with van der Waals surface area (Å²) >= 11 is 13.1. The number of likely N-dealkylation sites (N-methyl/N-ethyl adjacent to an activating group) is 1. The fourth-order valence-corrected chi connectivity index (χ4v) is 3.58. The van der Waals surface area contributed by atoms with Crippen molar-refractivity contribution in [2.75, 3.05) is 7.05 Å². The maximum atomic E-state index is 12.5. The number of para-hydroxylation sites is 1. The molecule has 0 radical (unpaired) electrons. The van der Waals surface area contributed by atoms with Crippen molar-refractivity contribution in [1.29, 1.82) is 0 Å². The Morgan fingerprint density at radius 2 is 2.08 bits per heavy atom. The second kappa shape index (κ2) is 7.11. The zero-order valence-corrected chi connectivity index (χ0v) is 15.8. The molecule has 25 heavy (non-hydrogen) atoms. The largest absolute Gasteiger partial charge is 0.335 e. The number of carbonyl (C=O) groups excluding carboxylic acids is 1. The topological polar surface area (TPSA) is 68.1 Å². The summed E-state index contributed by atoms with van der Waals surface area (Å²) in [5, 5.41) is 4.60. The minimum atomic E-state index is -0.594. The molecule has 2 aromatic heterocycles. The van der Waals surface area contributed by atoms with Crippen LogP contribution in [0.15, 0.2) is 35.3 Å². The Morgan fingerprint density at radius 1 is 1.36 bits per heavy atom. The third-order valence-electron chi connectivity index (χ3n) is 3.87. The standard InChI is InChI=1S/C16H14Cl2N4O2S/c1-9(15-20-11-5-3-4-6-12(11)25-15)21(2)13(23)8-22-16(24)14(18)10(17)7-19-22/h3-7,9H,8H2,1-2H3/t9-/m1/s1. The molecule has 0 aliphatic rings. The van der Waals surface area contributed by atoms with Crippen LogP contribution >= 0.6 is 34.5 Å². The molecule has 6 nitrogen and oxygen atoms in total. The second-order valence-corrected chi connectivity index (χ2v) is 7.32. The van der Waals surface area contributed by atoms with Gasteiger partial charge < -0.3 is 4.90 Å². The average Bonchev–Trinajstić information content (AvgIpc) is 3.05. The molecule has 0 saturated carbocycles. The van der Waals surface area contributed by atoms with Crippen molar-refractivity contribution in [2.24, 2.45) is 0 Å². The van der Waals surface area contributed by atoms with Crippen LogP contribution in [0.5, 0.6) is 0 Å². The molecule has 0 unspecified atom stereocenters. The van der Waals surface area contributed by atoms with E-state index in [1.807, 2.05) is 31.2 Å². The third kappa shape index (κ3) is 3.53. The summed E-state index contributed by atoms with van der Waals surface area (Å²) in [5.41, 5.74) is 0.307. The number of carbonyl (C=O) groups is 1. The monoisotopic (exact) mass is 396 g/mol. The van der Waals surface area contributed by atoms with Crippen LogP contribution in [0.4, 0.5) is 0 Å². The van der Waals surface area contributed by atoms with Gasteiger partial charge in [0.05, 0.1) is 27.5 Å². The van der Waals surface area contributed by atoms with E-state index in [2.05, 4.69) is 10.1 Å². The molecule has 1 atom stereocenters. The quantitative estimate of drug-likeness (QED) is 0.677. The van der Waals surface area contributed by atoms with Crippen molar-refractivity contribution in [2.45, 2.75) is 19.5 Å². The van der Waals surface area contributed by atoms with Crippen LogP contribution in [-0.4, -0.2) is 32.6 Å². The summed E-state index contributed by atoms with van der Waals surface area (Å²) in [5.74, 6) is -0.278. The molecular formula is C16H14Cl2N4O2S. The highest BCUT2D eigenvalue weighted by Gasteiger charge is 2.22. The van der Waals surface area contributed by atoms with Crippen LogP contribution in [0.25, 0.3) is 10.2 Å². The van der Waals surface area contributed by atoms with Gasteiger partial charge in [0.1, 0.15) is 16.6 Å². The maximum Gasteiger partial charge on any atom is 0.287 e. The summed E-state index contributed by atoms with van der Waals surface area (Å²) in [7, 11) is 1.67. The highest BCUT2D eigenvalue weighted by molar-refractivity contribution is 7.18. The van der Waals surface area contributed by atoms with Crippen LogP contribution in [-0.2, 0) is 11.3 Å². The highest BCUT2D eigenvalue weighted by atomic mass is 35.5. The van der Waals surface area contributed by atoms with Gasteiger partial charge in [-0.2, -0.15) is 5.10 Å². The fraction of sp³-hybridized carbons (Fsp3) is 0.250. The molecule has 2 heterocycles. The van der Waals surface area contributed by atoms with Gasteiger partial charge in [-0.15, -0.1) is 11.3 Å². The lowest BCUT2D eigenvalue weighted by atomic mass is 10.3. The first-order chi connectivity index (χ1) is 11.9. The lowest BCUT2D eigenvalue weighted by molar-refractivity contribution is -0.132. The van der Waals surface area contributed by atoms with E-state index in [9.17, 15) is 9.59 Å². The zero-order valence-electron chi connectivity index (χ0n) is 13.4. The van der Waals surface area contributed by atoms with E-state index in [-0.39, 0.29) is 28.5 Å². The summed E-state index contributed by atoms with van der Waals surface area (Å²) in [6.45, 7) is 1.67. The second-order valence-electron chi connectivity index (χ2n) is 5.47. The van der Waals surface area contributed by atoms with Gasteiger partial charge in [0.15, 0.2) is 0 Å². The fourth-order valence-electron chi connectivity index (χ4n) is 2.25. The van der Waals surface area contributed by atoms with Crippen LogP contribution in [0.3, 0.4) is 0 Å². The van der Waals surface area contributed by atoms with Gasteiger partial charge in [-0.3, -0.25) is 9.59 Å². The zero-order chi connectivity index (χ0) is 18.1. The minimum Gasteiger partial charge on any atom is -0.335 e. The molecule has 3 rings (SSSR count). The molecule has 0 aliphatic heterocycles. The van der Waals surface area contributed by atoms with Gasteiger partial charge in [-0.1, -0.05) is 35.3 Å². The van der Waals surface area contributed by atoms with Gasteiger partial charge in [0, 0.05) is 7.05 Å². The number of thiazole rings is 1. The molecule has 0 spiro atoms. The van der Waals surface area contributed by atoms with Crippen LogP contribution in [0.2, 0.25) is 10.0 Å². The number of nitrogens with zero attached hydrogens (tertiary/aromatic N) is 4. The number of amides is 1.